The van der Waals surface area contributed by atoms with Crippen LogP contribution in [0.15, 0.2) is 29.4 Å². The first kappa shape index (κ1) is 10.5. The standard InChI is InChI=1S/C9H9NO4/c11-5-8(12)9(13)6-3-1-2-4-7(6)10-14/h1-4,8,11-12H,5H2. The Balaban J connectivity index is 3.05. The van der Waals surface area contributed by atoms with E-state index in [1.807, 2.05) is 0 Å². The van der Waals surface area contributed by atoms with Crippen LogP contribution in [0.3, 0.4) is 0 Å². The largest absolute Gasteiger partial charge is 0.393 e. The van der Waals surface area contributed by atoms with Crippen LogP contribution >= 0.6 is 0 Å². The van der Waals surface area contributed by atoms with Crippen molar-refractivity contribution in [1.82, 2.24) is 0 Å². The molecular weight excluding hydrogens is 186 g/mol. The molecule has 0 fully saturated rings. The van der Waals surface area contributed by atoms with Gasteiger partial charge in [0.1, 0.15) is 11.8 Å². The lowest BCUT2D eigenvalue weighted by atomic mass is 10.1. The first-order valence-electron chi connectivity index (χ1n) is 3.96. The summed E-state index contributed by atoms with van der Waals surface area (Å²) < 4.78 is 0. The summed E-state index contributed by atoms with van der Waals surface area (Å²) in [6.07, 6.45) is -1.50. The highest BCUT2D eigenvalue weighted by Gasteiger charge is 2.19. The summed E-state index contributed by atoms with van der Waals surface area (Å²) in [5.74, 6) is -0.706. The van der Waals surface area contributed by atoms with Gasteiger partial charge < -0.3 is 10.2 Å². The van der Waals surface area contributed by atoms with E-state index in [4.69, 9.17) is 10.2 Å². The van der Waals surface area contributed by atoms with E-state index in [1.165, 1.54) is 12.1 Å². The van der Waals surface area contributed by atoms with Gasteiger partial charge in [0.05, 0.1) is 6.61 Å². The Labute approximate surface area is 80.0 Å². The van der Waals surface area contributed by atoms with Crippen LogP contribution in [0, 0.1) is 4.91 Å². The average molecular weight is 195 g/mol. The summed E-state index contributed by atoms with van der Waals surface area (Å²) in [6.45, 7) is -0.675. The molecule has 74 valence electrons. The number of Topliss-reactive ketones (excluding diaryl/α,β-unsaturated/α-hetero) is 1. The molecular formula is C9H9NO4. The monoisotopic (exact) mass is 195 g/mol. The molecule has 0 spiro atoms. The van der Waals surface area contributed by atoms with Gasteiger partial charge >= 0.3 is 0 Å². The molecule has 0 radical (unpaired) electrons. The molecule has 0 aliphatic heterocycles. The molecule has 0 bridgehead atoms. The number of carbonyl (C=O) groups excluding carboxylic acids is 1. The second kappa shape index (κ2) is 4.59. The number of carbonyl (C=O) groups is 1. The third-order valence-electron chi connectivity index (χ3n) is 1.74. The van der Waals surface area contributed by atoms with E-state index in [0.29, 0.717) is 0 Å². The van der Waals surface area contributed by atoms with Gasteiger partial charge in [-0.1, -0.05) is 12.1 Å². The fourth-order valence-corrected chi connectivity index (χ4v) is 1.02. The number of benzene rings is 1. The predicted molar refractivity (Wildman–Crippen MR) is 49.3 cm³/mol. The molecule has 0 heterocycles. The average Bonchev–Trinajstić information content (AvgIpc) is 2.26. The summed E-state index contributed by atoms with van der Waals surface area (Å²) in [4.78, 5) is 21.6. The lowest BCUT2D eigenvalue weighted by Gasteiger charge is -2.06. The van der Waals surface area contributed by atoms with E-state index >= 15 is 0 Å². The van der Waals surface area contributed by atoms with E-state index in [9.17, 15) is 9.70 Å². The van der Waals surface area contributed by atoms with Crippen LogP contribution in [0.1, 0.15) is 10.4 Å². The molecule has 0 aliphatic rings. The molecule has 5 heteroatoms. The summed E-state index contributed by atoms with van der Waals surface area (Å²) in [6, 6.07) is 5.84. The number of hydrogen-bond donors (Lipinski definition) is 2. The molecule has 2 N–H and O–H groups in total. The lowest BCUT2D eigenvalue weighted by Crippen LogP contribution is -2.24. The maximum atomic E-state index is 11.3. The van der Waals surface area contributed by atoms with Crippen LogP contribution in [0.4, 0.5) is 5.69 Å². The van der Waals surface area contributed by atoms with E-state index in [0.717, 1.165) is 0 Å². The number of rotatable bonds is 4. The highest BCUT2D eigenvalue weighted by molar-refractivity contribution is 6.03. The van der Waals surface area contributed by atoms with E-state index < -0.39 is 18.5 Å². The highest BCUT2D eigenvalue weighted by atomic mass is 16.3. The van der Waals surface area contributed by atoms with Crippen LogP contribution in [-0.2, 0) is 0 Å². The number of ketones is 1. The molecule has 1 aromatic carbocycles. The van der Waals surface area contributed by atoms with Crippen LogP contribution in [-0.4, -0.2) is 28.7 Å². The Morgan fingerprint density at radius 2 is 2.07 bits per heavy atom. The maximum absolute atomic E-state index is 11.3. The van der Waals surface area contributed by atoms with E-state index in [-0.39, 0.29) is 11.3 Å². The van der Waals surface area contributed by atoms with Crippen LogP contribution in [0.25, 0.3) is 0 Å². The normalized spacial score (nSPS) is 12.1. The third kappa shape index (κ3) is 2.01. The van der Waals surface area contributed by atoms with Gasteiger partial charge in [-0.25, -0.2) is 0 Å². The summed E-state index contributed by atoms with van der Waals surface area (Å²) in [7, 11) is 0. The topological polar surface area (TPSA) is 87.0 Å². The van der Waals surface area contributed by atoms with Gasteiger partial charge in [-0.3, -0.25) is 4.79 Å². The Kier molecular flexibility index (Phi) is 3.44. The van der Waals surface area contributed by atoms with Crippen molar-refractivity contribution in [3.63, 3.8) is 0 Å². The van der Waals surface area contributed by atoms with Gasteiger partial charge in [-0.2, -0.15) is 0 Å². The highest BCUT2D eigenvalue weighted by Crippen LogP contribution is 2.19. The first-order chi connectivity index (χ1) is 6.70. The van der Waals surface area contributed by atoms with Gasteiger partial charge in [0.2, 0.25) is 0 Å². The Morgan fingerprint density at radius 1 is 1.43 bits per heavy atom. The van der Waals surface area contributed by atoms with Crippen molar-refractivity contribution in [2.45, 2.75) is 6.10 Å². The Hall–Kier alpha value is -1.59. The zero-order valence-corrected chi connectivity index (χ0v) is 7.25. The van der Waals surface area contributed by atoms with Gasteiger partial charge in [0.25, 0.3) is 0 Å². The first-order valence-corrected chi connectivity index (χ1v) is 3.96. The Morgan fingerprint density at radius 3 is 2.64 bits per heavy atom. The second-order valence-corrected chi connectivity index (χ2v) is 2.67. The summed E-state index contributed by atoms with van der Waals surface area (Å²) in [5.41, 5.74) is -0.0194. The molecule has 1 aromatic rings. The number of hydrogen-bond acceptors (Lipinski definition) is 5. The maximum Gasteiger partial charge on any atom is 0.195 e. The zero-order chi connectivity index (χ0) is 10.6. The molecule has 1 rings (SSSR count). The zero-order valence-electron chi connectivity index (χ0n) is 7.25. The smallest absolute Gasteiger partial charge is 0.195 e. The molecule has 5 nitrogen and oxygen atoms in total. The minimum Gasteiger partial charge on any atom is -0.393 e. The summed E-state index contributed by atoms with van der Waals surface area (Å²) in [5, 5.41) is 20.3. The van der Waals surface area contributed by atoms with Crippen molar-refractivity contribution in [2.75, 3.05) is 6.61 Å². The lowest BCUT2D eigenvalue weighted by molar-refractivity contribution is 0.0588. The number of aliphatic hydroxyl groups is 2. The molecule has 0 aliphatic carbocycles. The molecule has 0 saturated heterocycles. The number of aliphatic hydroxyl groups excluding tert-OH is 2. The van der Waals surface area contributed by atoms with Gasteiger partial charge in [-0.05, 0) is 17.3 Å². The number of nitroso groups, excluding NO2 is 1. The molecule has 0 aromatic heterocycles. The van der Waals surface area contributed by atoms with E-state index in [1.54, 1.807) is 12.1 Å². The van der Waals surface area contributed by atoms with Gasteiger partial charge in [0, 0.05) is 5.56 Å². The van der Waals surface area contributed by atoms with Crippen molar-refractivity contribution >= 4 is 11.5 Å². The molecule has 1 unspecified atom stereocenters. The van der Waals surface area contributed by atoms with Crippen molar-refractivity contribution in [1.29, 1.82) is 0 Å². The van der Waals surface area contributed by atoms with Crippen LogP contribution in [0.2, 0.25) is 0 Å². The van der Waals surface area contributed by atoms with Crippen molar-refractivity contribution in [3.05, 3.63) is 34.7 Å². The SMILES string of the molecule is O=Nc1ccccc1C(=O)C(O)CO. The third-order valence-corrected chi connectivity index (χ3v) is 1.74. The minimum absolute atomic E-state index is 0.0176. The predicted octanol–water partition coefficient (Wildman–Crippen LogP) is 0.620. The van der Waals surface area contributed by atoms with Crippen molar-refractivity contribution < 1.29 is 15.0 Å². The summed E-state index contributed by atoms with van der Waals surface area (Å²) >= 11 is 0. The van der Waals surface area contributed by atoms with E-state index in [2.05, 4.69) is 5.18 Å². The molecule has 0 amide bonds. The number of nitrogens with zero attached hydrogens (tertiary/aromatic N) is 1. The minimum atomic E-state index is -1.50. The van der Waals surface area contributed by atoms with Gasteiger partial charge in [-0.15, -0.1) is 4.91 Å². The second-order valence-electron chi connectivity index (χ2n) is 2.67. The fourth-order valence-electron chi connectivity index (χ4n) is 1.02. The molecule has 0 saturated carbocycles. The fraction of sp³-hybridized carbons (Fsp3) is 0.222. The molecule has 1 atom stereocenters. The Bertz CT molecular complexity index is 350. The van der Waals surface area contributed by atoms with Crippen molar-refractivity contribution in [2.24, 2.45) is 5.18 Å². The van der Waals surface area contributed by atoms with Gasteiger partial charge in [0.15, 0.2) is 5.78 Å². The molecule has 14 heavy (non-hydrogen) atoms. The quantitative estimate of drug-likeness (QED) is 0.544. The van der Waals surface area contributed by atoms with Crippen molar-refractivity contribution in [3.8, 4) is 0 Å². The van der Waals surface area contributed by atoms with Crippen LogP contribution < -0.4 is 0 Å². The van der Waals surface area contributed by atoms with Crippen LogP contribution in [0.5, 0.6) is 0 Å².